The molecule has 7 nitrogen and oxygen atoms in total. The molecule has 0 aromatic heterocycles. The highest BCUT2D eigenvalue weighted by molar-refractivity contribution is 6.10. The van der Waals surface area contributed by atoms with Crippen molar-refractivity contribution in [3.8, 4) is 17.2 Å². The predicted octanol–water partition coefficient (Wildman–Crippen LogP) is 8.11. The number of carbonyl (C=O) groups is 3. The number of ether oxygens (including phenoxy) is 4. The van der Waals surface area contributed by atoms with E-state index in [4.69, 9.17) is 18.9 Å². The first-order chi connectivity index (χ1) is 18.9. The number of Topliss-reactive ketones (excluding diaryl/α,β-unsaturated/α-hetero) is 1. The van der Waals surface area contributed by atoms with E-state index in [9.17, 15) is 14.4 Å². The van der Waals surface area contributed by atoms with Crippen LogP contribution in [-0.2, 0) is 14.3 Å². The number of methoxy groups -OCH3 is 1. The summed E-state index contributed by atoms with van der Waals surface area (Å²) in [7, 11) is 1.44. The van der Waals surface area contributed by atoms with Gasteiger partial charge < -0.3 is 18.9 Å². The highest BCUT2D eigenvalue weighted by atomic mass is 16.5. The quantitative estimate of drug-likeness (QED) is 0.0943. The Labute approximate surface area is 245 Å². The molecule has 0 aliphatic heterocycles. The molecule has 0 amide bonds. The lowest BCUT2D eigenvalue weighted by molar-refractivity contribution is -0.143. The van der Waals surface area contributed by atoms with E-state index < -0.39 is 10.8 Å². The van der Waals surface area contributed by atoms with Gasteiger partial charge in [-0.2, -0.15) is 0 Å². The van der Waals surface area contributed by atoms with Crippen molar-refractivity contribution in [2.75, 3.05) is 13.7 Å². The van der Waals surface area contributed by atoms with Crippen LogP contribution in [0.1, 0.15) is 115 Å². The molecule has 0 saturated carbocycles. The Kier molecular flexibility index (Phi) is 11.0. The molecule has 0 heterocycles. The maximum absolute atomic E-state index is 13.5. The predicted molar refractivity (Wildman–Crippen MR) is 162 cm³/mol. The van der Waals surface area contributed by atoms with Crippen LogP contribution in [-0.4, -0.2) is 31.4 Å². The summed E-state index contributed by atoms with van der Waals surface area (Å²) in [6.07, 6.45) is 1.66. The maximum atomic E-state index is 13.5. The number of hydrogen-bond donors (Lipinski definition) is 0. The lowest BCUT2D eigenvalue weighted by Gasteiger charge is -2.26. The van der Waals surface area contributed by atoms with Crippen molar-refractivity contribution in [3.05, 3.63) is 58.3 Å². The molecule has 0 saturated heterocycles. The minimum Gasteiger partial charge on any atom is -0.493 e. The molecule has 0 unspecified atom stereocenters. The highest BCUT2D eigenvalue weighted by Gasteiger charge is 2.30. The van der Waals surface area contributed by atoms with Gasteiger partial charge in [0, 0.05) is 16.7 Å². The third kappa shape index (κ3) is 8.44. The Morgan fingerprint density at radius 1 is 0.805 bits per heavy atom. The number of allylic oxidation sites excluding steroid dienone is 1. The molecule has 0 atom stereocenters. The summed E-state index contributed by atoms with van der Waals surface area (Å²) in [6, 6.07) is 8.26. The summed E-state index contributed by atoms with van der Waals surface area (Å²) in [5.74, 6) is 0.423. The van der Waals surface area contributed by atoms with E-state index in [0.29, 0.717) is 35.0 Å². The molecule has 2 aromatic rings. The number of hydrogen-bond acceptors (Lipinski definition) is 7. The largest absolute Gasteiger partial charge is 0.493 e. The SMILES string of the molecule is CCOc1c(C=C(OC)C(=O)c2ccc(OC(=O)C(C)(C)C)cc2)cc(C(C)C)c(OC(=O)C(C)(C)C)c1C(C)C. The van der Waals surface area contributed by atoms with Gasteiger partial charge in [-0.25, -0.2) is 0 Å². The summed E-state index contributed by atoms with van der Waals surface area (Å²) in [5, 5.41) is 0. The van der Waals surface area contributed by atoms with Crippen LogP contribution in [0.5, 0.6) is 17.2 Å². The van der Waals surface area contributed by atoms with Crippen LogP contribution in [0, 0.1) is 10.8 Å². The second-order valence-corrected chi connectivity index (χ2v) is 12.7. The zero-order valence-electron chi connectivity index (χ0n) is 26.7. The third-order valence-electron chi connectivity index (χ3n) is 6.29. The fraction of sp³-hybridized carbons (Fsp3) is 0.500. The molecule has 0 N–H and O–H groups in total. The van der Waals surface area contributed by atoms with Gasteiger partial charge in [0.05, 0.1) is 24.5 Å². The van der Waals surface area contributed by atoms with Crippen LogP contribution in [0.3, 0.4) is 0 Å². The van der Waals surface area contributed by atoms with Crippen molar-refractivity contribution in [3.63, 3.8) is 0 Å². The van der Waals surface area contributed by atoms with Crippen LogP contribution in [0.25, 0.3) is 6.08 Å². The van der Waals surface area contributed by atoms with Crippen molar-refractivity contribution in [2.45, 2.75) is 88.0 Å². The van der Waals surface area contributed by atoms with E-state index in [0.717, 1.165) is 11.1 Å². The molecule has 41 heavy (non-hydrogen) atoms. The standard InChI is InChI=1S/C34H46O7/c1-13-39-29-23(18-25(20(2)3)30(27(29)21(4)5)41-32(37)34(9,10)11)19-26(38-12)28(35)22-14-16-24(17-15-22)40-31(36)33(6,7)8/h14-21H,13H2,1-12H3. The molecule has 2 aromatic carbocycles. The normalized spacial score (nSPS) is 12.4. The Hall–Kier alpha value is -3.61. The van der Waals surface area contributed by atoms with Gasteiger partial charge in [0.15, 0.2) is 5.76 Å². The average molecular weight is 567 g/mol. The van der Waals surface area contributed by atoms with Crippen LogP contribution in [0.4, 0.5) is 0 Å². The van der Waals surface area contributed by atoms with Crippen molar-refractivity contribution >= 4 is 23.8 Å². The Morgan fingerprint density at radius 2 is 1.34 bits per heavy atom. The van der Waals surface area contributed by atoms with Gasteiger partial charge in [0.25, 0.3) is 0 Å². The van der Waals surface area contributed by atoms with Crippen LogP contribution < -0.4 is 14.2 Å². The topological polar surface area (TPSA) is 88.1 Å². The van der Waals surface area contributed by atoms with E-state index >= 15 is 0 Å². The second kappa shape index (κ2) is 13.4. The van der Waals surface area contributed by atoms with Crippen molar-refractivity contribution in [1.82, 2.24) is 0 Å². The molecule has 0 radical (unpaired) electrons. The van der Waals surface area contributed by atoms with E-state index in [1.165, 1.54) is 7.11 Å². The summed E-state index contributed by atoms with van der Waals surface area (Å²) in [4.78, 5) is 38.7. The third-order valence-corrected chi connectivity index (χ3v) is 6.29. The van der Waals surface area contributed by atoms with Gasteiger partial charge in [-0.1, -0.05) is 27.7 Å². The van der Waals surface area contributed by atoms with Crippen molar-refractivity contribution < 1.29 is 33.3 Å². The lowest BCUT2D eigenvalue weighted by Crippen LogP contribution is -2.27. The van der Waals surface area contributed by atoms with Gasteiger partial charge in [-0.05, 0) is 102 Å². The first-order valence-corrected chi connectivity index (χ1v) is 14.1. The van der Waals surface area contributed by atoms with Crippen molar-refractivity contribution in [2.24, 2.45) is 10.8 Å². The van der Waals surface area contributed by atoms with Crippen LogP contribution in [0.15, 0.2) is 36.1 Å². The average Bonchev–Trinajstić information content (AvgIpc) is 2.86. The second-order valence-electron chi connectivity index (χ2n) is 12.7. The first-order valence-electron chi connectivity index (χ1n) is 14.1. The maximum Gasteiger partial charge on any atom is 0.316 e. The number of esters is 2. The molecular weight excluding hydrogens is 520 g/mol. The molecule has 7 heteroatoms. The summed E-state index contributed by atoms with van der Waals surface area (Å²) >= 11 is 0. The lowest BCUT2D eigenvalue weighted by atomic mass is 9.89. The minimum absolute atomic E-state index is 0.0168. The summed E-state index contributed by atoms with van der Waals surface area (Å²) in [5.41, 5.74) is 1.27. The van der Waals surface area contributed by atoms with Crippen molar-refractivity contribution in [1.29, 1.82) is 0 Å². The van der Waals surface area contributed by atoms with E-state index in [-0.39, 0.29) is 35.3 Å². The Balaban J connectivity index is 2.65. The number of rotatable bonds is 10. The fourth-order valence-electron chi connectivity index (χ4n) is 3.87. The number of benzene rings is 2. The number of ketones is 1. The highest BCUT2D eigenvalue weighted by Crippen LogP contribution is 2.45. The molecular formula is C34H46O7. The smallest absolute Gasteiger partial charge is 0.316 e. The molecule has 224 valence electrons. The summed E-state index contributed by atoms with van der Waals surface area (Å²) < 4.78 is 23.2. The first kappa shape index (κ1) is 33.6. The van der Waals surface area contributed by atoms with E-state index in [2.05, 4.69) is 0 Å². The molecule has 0 bridgehead atoms. The molecule has 0 aliphatic carbocycles. The molecule has 0 spiro atoms. The zero-order valence-corrected chi connectivity index (χ0v) is 26.7. The van der Waals surface area contributed by atoms with Crippen LogP contribution in [0.2, 0.25) is 0 Å². The number of carbonyl (C=O) groups excluding carboxylic acids is 3. The van der Waals surface area contributed by atoms with Gasteiger partial charge in [-0.3, -0.25) is 14.4 Å². The Morgan fingerprint density at radius 3 is 1.78 bits per heavy atom. The Bertz CT molecular complexity index is 1280. The van der Waals surface area contributed by atoms with E-state index in [1.807, 2.05) is 61.5 Å². The molecule has 0 aliphatic rings. The molecule has 0 fully saturated rings. The van der Waals surface area contributed by atoms with E-state index in [1.54, 1.807) is 51.1 Å². The zero-order chi connectivity index (χ0) is 31.3. The monoisotopic (exact) mass is 566 g/mol. The summed E-state index contributed by atoms with van der Waals surface area (Å²) in [6.45, 7) is 21.1. The van der Waals surface area contributed by atoms with Gasteiger partial charge >= 0.3 is 11.9 Å². The molecule has 2 rings (SSSR count). The van der Waals surface area contributed by atoms with Crippen LogP contribution >= 0.6 is 0 Å². The van der Waals surface area contributed by atoms with Gasteiger partial charge in [-0.15, -0.1) is 0 Å². The van der Waals surface area contributed by atoms with Gasteiger partial charge in [0.2, 0.25) is 5.78 Å². The fourth-order valence-corrected chi connectivity index (χ4v) is 3.87. The minimum atomic E-state index is -0.691. The van der Waals surface area contributed by atoms with Gasteiger partial charge in [0.1, 0.15) is 17.2 Å².